The van der Waals surface area contributed by atoms with Crippen LogP contribution >= 0.6 is 11.6 Å². The molecule has 1 heterocycles. The van der Waals surface area contributed by atoms with Gasteiger partial charge in [0.25, 0.3) is 0 Å². The second-order valence-corrected chi connectivity index (χ2v) is 7.46. The largest absolute Gasteiger partial charge is 0.384 e. The number of anilines is 1. The summed E-state index contributed by atoms with van der Waals surface area (Å²) in [6, 6.07) is 7.92. The van der Waals surface area contributed by atoms with Crippen molar-refractivity contribution in [3.63, 3.8) is 0 Å². The first-order valence-corrected chi connectivity index (χ1v) is 10.3. The van der Waals surface area contributed by atoms with Gasteiger partial charge in [-0.25, -0.2) is 0 Å². The Hall–Kier alpha value is -1.32. The fourth-order valence-electron chi connectivity index (χ4n) is 3.44. The van der Waals surface area contributed by atoms with E-state index < -0.39 is 0 Å². The van der Waals surface area contributed by atoms with Gasteiger partial charge in [-0.05, 0) is 81.8 Å². The Balaban J connectivity index is 1.31. The van der Waals surface area contributed by atoms with Gasteiger partial charge in [-0.15, -0.1) is 0 Å². The van der Waals surface area contributed by atoms with E-state index in [0.717, 1.165) is 41.2 Å². The number of hydrogen-bond acceptors (Lipinski definition) is 3. The molecule has 3 rings (SSSR count). The lowest BCUT2D eigenvalue weighted by Gasteiger charge is -2.23. The van der Waals surface area contributed by atoms with Gasteiger partial charge in [0.1, 0.15) is 0 Å². The number of nitrogens with zero attached hydrogens (tertiary/aromatic N) is 2. The summed E-state index contributed by atoms with van der Waals surface area (Å²) in [6.07, 6.45) is 15.5. The third kappa shape index (κ3) is 6.36. The number of benzene rings is 1. The number of hydrogen-bond donors (Lipinski definition) is 1. The summed E-state index contributed by atoms with van der Waals surface area (Å²) in [5.41, 5.74) is 2.08. The van der Waals surface area contributed by atoms with Gasteiger partial charge in [-0.2, -0.15) is 0 Å². The number of nitrogens with one attached hydrogen (secondary N) is 1. The number of unbranched alkanes of at least 4 members (excludes halogenated alkanes) is 3. The van der Waals surface area contributed by atoms with Gasteiger partial charge in [-0.3, -0.25) is 4.98 Å². The van der Waals surface area contributed by atoms with Crippen molar-refractivity contribution in [3.8, 4) is 0 Å². The Morgan fingerprint density at radius 3 is 2.67 bits per heavy atom. The number of halogens is 1. The van der Waals surface area contributed by atoms with Gasteiger partial charge in [0.05, 0.1) is 5.52 Å². The number of fused-ring (bicyclic) bond motifs is 1. The molecule has 0 saturated heterocycles. The summed E-state index contributed by atoms with van der Waals surface area (Å²) in [5.74, 6) is 1.42. The van der Waals surface area contributed by atoms with Crippen molar-refractivity contribution in [2.75, 3.05) is 31.5 Å². The van der Waals surface area contributed by atoms with E-state index in [4.69, 9.17) is 11.6 Å². The molecule has 1 fully saturated rings. The van der Waals surface area contributed by atoms with Gasteiger partial charge in [0.15, 0.2) is 0 Å². The molecule has 1 aliphatic rings. The van der Waals surface area contributed by atoms with Crippen molar-refractivity contribution in [2.24, 2.45) is 0 Å². The molecule has 4 heteroatoms. The summed E-state index contributed by atoms with van der Waals surface area (Å²) in [4.78, 5) is 6.92. The molecule has 0 bridgehead atoms. The lowest BCUT2D eigenvalue weighted by atomic mass is 10.1. The molecule has 0 unspecified atom stereocenters. The minimum Gasteiger partial charge on any atom is -0.384 e. The lowest BCUT2D eigenvalue weighted by Crippen LogP contribution is -2.29. The molecule has 1 aromatic heterocycles. The Labute approximate surface area is 169 Å². The summed E-state index contributed by atoms with van der Waals surface area (Å²) in [6.45, 7) is 6.62. The van der Waals surface area contributed by atoms with Crippen molar-refractivity contribution >= 4 is 28.2 Å². The highest BCUT2D eigenvalue weighted by atomic mass is 35.5. The van der Waals surface area contributed by atoms with Crippen LogP contribution in [0.3, 0.4) is 0 Å². The molecule has 0 atom stereocenters. The van der Waals surface area contributed by atoms with E-state index in [2.05, 4.69) is 47.8 Å². The van der Waals surface area contributed by atoms with Crippen molar-refractivity contribution in [1.29, 1.82) is 0 Å². The Morgan fingerprint density at radius 2 is 1.85 bits per heavy atom. The van der Waals surface area contributed by atoms with Crippen LogP contribution in [0.5, 0.6) is 0 Å². The average Bonchev–Trinajstić information content (AvgIpc) is 3.19. The Bertz CT molecular complexity index is 697. The van der Waals surface area contributed by atoms with Crippen LogP contribution in [0.4, 0.5) is 5.69 Å². The maximum atomic E-state index is 6.05. The van der Waals surface area contributed by atoms with Gasteiger partial charge >= 0.3 is 0 Å². The minimum atomic E-state index is 0.728. The SMILES string of the molecule is CCN(CCCCCCNc1ccnc2cc(Cl)ccc12)C[C]1[CH][CH][CH][CH]1. The van der Waals surface area contributed by atoms with Crippen LogP contribution in [0.1, 0.15) is 32.6 Å². The smallest absolute Gasteiger partial charge is 0.0737 e. The Kier molecular flexibility index (Phi) is 8.22. The third-order valence-corrected chi connectivity index (χ3v) is 5.24. The molecule has 3 nitrogen and oxygen atoms in total. The van der Waals surface area contributed by atoms with Crippen molar-refractivity contribution in [1.82, 2.24) is 9.88 Å². The van der Waals surface area contributed by atoms with Gasteiger partial charge < -0.3 is 10.2 Å². The van der Waals surface area contributed by atoms with E-state index in [9.17, 15) is 0 Å². The molecule has 0 spiro atoms. The Morgan fingerprint density at radius 1 is 1.04 bits per heavy atom. The number of pyridine rings is 1. The molecule has 2 aromatic rings. The molecule has 1 saturated carbocycles. The highest BCUT2D eigenvalue weighted by molar-refractivity contribution is 6.31. The molecule has 143 valence electrons. The van der Waals surface area contributed by atoms with Crippen LogP contribution in [0.25, 0.3) is 10.9 Å². The van der Waals surface area contributed by atoms with Crippen molar-refractivity contribution < 1.29 is 0 Å². The zero-order chi connectivity index (χ0) is 18.9. The fourth-order valence-corrected chi connectivity index (χ4v) is 3.61. The topological polar surface area (TPSA) is 28.2 Å². The van der Waals surface area contributed by atoms with Crippen LogP contribution in [0.2, 0.25) is 5.02 Å². The molecule has 1 aliphatic carbocycles. The van der Waals surface area contributed by atoms with Crippen LogP contribution in [0, 0.1) is 31.6 Å². The van der Waals surface area contributed by atoms with E-state index in [-0.39, 0.29) is 0 Å². The lowest BCUT2D eigenvalue weighted by molar-refractivity contribution is 0.295. The summed E-state index contributed by atoms with van der Waals surface area (Å²) >= 11 is 6.05. The van der Waals surface area contributed by atoms with Gasteiger partial charge in [-0.1, -0.05) is 31.4 Å². The summed E-state index contributed by atoms with van der Waals surface area (Å²) in [5, 5.41) is 5.41. The zero-order valence-corrected chi connectivity index (χ0v) is 16.9. The molecular weight excluding hydrogens is 354 g/mol. The second-order valence-electron chi connectivity index (χ2n) is 7.02. The van der Waals surface area contributed by atoms with E-state index >= 15 is 0 Å². The predicted octanol–water partition coefficient (Wildman–Crippen LogP) is 5.59. The molecular formula is C23H29ClN3. The van der Waals surface area contributed by atoms with E-state index in [1.54, 1.807) is 0 Å². The second kappa shape index (κ2) is 10.9. The molecule has 5 radical (unpaired) electrons. The van der Waals surface area contributed by atoms with Crippen LogP contribution in [-0.4, -0.2) is 36.1 Å². The zero-order valence-electron chi connectivity index (χ0n) is 16.1. The van der Waals surface area contributed by atoms with E-state index in [1.165, 1.54) is 38.1 Å². The maximum Gasteiger partial charge on any atom is 0.0737 e. The molecule has 27 heavy (non-hydrogen) atoms. The van der Waals surface area contributed by atoms with Crippen LogP contribution < -0.4 is 5.32 Å². The first-order valence-electron chi connectivity index (χ1n) is 9.97. The average molecular weight is 383 g/mol. The predicted molar refractivity (Wildman–Crippen MR) is 116 cm³/mol. The normalized spacial score (nSPS) is 15.1. The first-order chi connectivity index (χ1) is 13.3. The number of aromatic nitrogens is 1. The number of rotatable bonds is 11. The van der Waals surface area contributed by atoms with Crippen LogP contribution in [0.15, 0.2) is 30.5 Å². The molecule has 1 aromatic carbocycles. The van der Waals surface area contributed by atoms with Gasteiger partial charge in [0.2, 0.25) is 0 Å². The fraction of sp³-hybridized carbons (Fsp3) is 0.391. The molecule has 0 aliphatic heterocycles. The van der Waals surface area contributed by atoms with Gasteiger partial charge in [0, 0.05) is 35.4 Å². The van der Waals surface area contributed by atoms with Crippen molar-refractivity contribution in [3.05, 3.63) is 67.1 Å². The third-order valence-electron chi connectivity index (χ3n) is 5.01. The first kappa shape index (κ1) is 20.4. The quantitative estimate of drug-likeness (QED) is 0.513. The standard InChI is InChI=1S/C23H29ClN3/c1-2-27(18-19-9-5-6-10-19)16-8-4-3-7-14-25-22-13-15-26-23-17-20(24)11-12-21(22)23/h5-6,9-13,15,17H,2-4,7-8,14,16,18H2,1H3,(H,25,26). The summed E-state index contributed by atoms with van der Waals surface area (Å²) < 4.78 is 0. The highest BCUT2D eigenvalue weighted by Gasteiger charge is 2.19. The van der Waals surface area contributed by atoms with Crippen LogP contribution in [-0.2, 0) is 0 Å². The maximum absolute atomic E-state index is 6.05. The minimum absolute atomic E-state index is 0.728. The van der Waals surface area contributed by atoms with E-state index in [0.29, 0.717) is 0 Å². The molecule has 0 amide bonds. The highest BCUT2D eigenvalue weighted by Crippen LogP contribution is 2.25. The summed E-state index contributed by atoms with van der Waals surface area (Å²) in [7, 11) is 0. The molecule has 1 N–H and O–H groups in total. The monoisotopic (exact) mass is 382 g/mol. The van der Waals surface area contributed by atoms with E-state index in [1.807, 2.05) is 30.5 Å². The van der Waals surface area contributed by atoms with Crippen molar-refractivity contribution in [2.45, 2.75) is 32.6 Å².